The molecule has 6 aromatic rings. The lowest BCUT2D eigenvalue weighted by molar-refractivity contribution is -0.133. The first-order chi connectivity index (χ1) is 64.0. The molecule has 10 amide bonds. The summed E-state index contributed by atoms with van der Waals surface area (Å²) in [5.41, 5.74) is 2.87. The second-order valence-corrected chi connectivity index (χ2v) is 30.3. The zero-order valence-corrected chi connectivity index (χ0v) is 74.3. The molecule has 0 aromatic heterocycles. The van der Waals surface area contributed by atoms with Crippen molar-refractivity contribution in [3.63, 3.8) is 0 Å². The Labute approximate surface area is 766 Å². The van der Waals surface area contributed by atoms with Gasteiger partial charge < -0.3 is 121 Å². The molecule has 1 aliphatic heterocycles. The molecular weight excluding hydrogens is 1730 g/mol. The van der Waals surface area contributed by atoms with Crippen molar-refractivity contribution in [3.8, 4) is 74.2 Å². The third-order valence-corrected chi connectivity index (χ3v) is 20.5. The van der Waals surface area contributed by atoms with E-state index in [0.717, 1.165) is 6.08 Å². The van der Waals surface area contributed by atoms with Gasteiger partial charge >= 0.3 is 5.97 Å². The summed E-state index contributed by atoms with van der Waals surface area (Å²) >= 11 is 0. The number of methoxy groups -OCH3 is 4. The minimum atomic E-state index is -1.37. The maximum absolute atomic E-state index is 14.9. The molecule has 4 unspecified atom stereocenters. The van der Waals surface area contributed by atoms with Crippen LogP contribution in [0.2, 0.25) is 0 Å². The number of carbonyl (C=O) groups is 12. The average Bonchev–Trinajstić information content (AvgIpc) is 0.744. The first-order valence-electron chi connectivity index (χ1n) is 42.9. The van der Waals surface area contributed by atoms with Gasteiger partial charge in [0.05, 0.1) is 66.5 Å². The van der Waals surface area contributed by atoms with Gasteiger partial charge in [-0.25, -0.2) is 4.79 Å². The van der Waals surface area contributed by atoms with Crippen molar-refractivity contribution >= 4 is 106 Å². The Morgan fingerprint density at radius 1 is 0.383 bits per heavy atom. The van der Waals surface area contributed by atoms with Crippen LogP contribution in [0, 0.1) is 0 Å². The third kappa shape index (κ3) is 34.7. The van der Waals surface area contributed by atoms with Crippen LogP contribution >= 0.6 is 0 Å². The Hall–Kier alpha value is -15.1. The van der Waals surface area contributed by atoms with Gasteiger partial charge in [-0.05, 0) is 227 Å². The van der Waals surface area contributed by atoms with E-state index in [1.807, 2.05) is 0 Å². The third-order valence-electron chi connectivity index (χ3n) is 20.5. The molecule has 0 bridgehead atoms. The van der Waals surface area contributed by atoms with Gasteiger partial charge in [0.25, 0.3) is 5.91 Å². The summed E-state index contributed by atoms with van der Waals surface area (Å²) in [6.07, 6.45) is 13.6. The quantitative estimate of drug-likeness (QED) is 0.0101. The number of phenolic OH excluding ortho intramolecular Hbond substituents is 5. The fraction of sp³-hybridized carbons (Fsp3) is 0.344. The van der Waals surface area contributed by atoms with Gasteiger partial charge in [0.2, 0.25) is 53.2 Å². The van der Waals surface area contributed by atoms with Crippen molar-refractivity contribution < 1.29 is 126 Å². The number of ketones is 1. The van der Waals surface area contributed by atoms with Crippen LogP contribution in [-0.4, -0.2) is 233 Å². The molecule has 37 heteroatoms. The molecule has 4 atom stereocenters. The van der Waals surface area contributed by atoms with Crippen molar-refractivity contribution in [1.29, 1.82) is 0 Å². The van der Waals surface area contributed by atoms with Gasteiger partial charge in [0.1, 0.15) is 48.4 Å². The minimum Gasteiger partial charge on any atom is -0.508 e. The molecule has 0 spiro atoms. The second-order valence-electron chi connectivity index (χ2n) is 30.3. The molecule has 16 N–H and O–H groups in total. The highest BCUT2D eigenvalue weighted by Crippen LogP contribution is 2.43. The molecule has 0 radical (unpaired) electrons. The number of ether oxygens (including phenoxy) is 7. The number of aromatic hydroxyl groups is 5. The Balaban J connectivity index is 0.824. The zero-order valence-electron chi connectivity index (χ0n) is 74.3. The number of fused-ring (bicyclic) bond motifs is 2. The van der Waals surface area contributed by atoms with E-state index < -0.39 is 102 Å². The summed E-state index contributed by atoms with van der Waals surface area (Å²) in [6.45, 7) is 0.868. The predicted molar refractivity (Wildman–Crippen MR) is 492 cm³/mol. The van der Waals surface area contributed by atoms with Crippen LogP contribution in [-0.2, 0) is 62.2 Å². The maximum atomic E-state index is 14.9. The lowest BCUT2D eigenvalue weighted by Gasteiger charge is -2.25. The van der Waals surface area contributed by atoms with Crippen molar-refractivity contribution in [3.05, 3.63) is 195 Å². The monoisotopic (exact) mass is 1840 g/mol. The van der Waals surface area contributed by atoms with E-state index in [1.54, 1.807) is 36.4 Å². The molecule has 2 aliphatic rings. The van der Waals surface area contributed by atoms with E-state index in [0.29, 0.717) is 64.5 Å². The Morgan fingerprint density at radius 2 is 0.812 bits per heavy atom. The highest BCUT2D eigenvalue weighted by Gasteiger charge is 2.31. The number of hydrogen-bond donors (Lipinski definition) is 16. The molecular formula is C96H112N10O27. The molecule has 0 saturated carbocycles. The number of benzene rings is 7. The van der Waals surface area contributed by atoms with Crippen LogP contribution in [0.25, 0.3) is 57.7 Å². The first kappa shape index (κ1) is 103. The zero-order chi connectivity index (χ0) is 96.1. The van der Waals surface area contributed by atoms with Crippen LogP contribution in [0.15, 0.2) is 161 Å². The Morgan fingerprint density at radius 3 is 1.27 bits per heavy atom. The molecule has 133 heavy (non-hydrogen) atoms. The molecule has 1 aliphatic carbocycles. The summed E-state index contributed by atoms with van der Waals surface area (Å²) in [7, 11) is 5.52. The van der Waals surface area contributed by atoms with Gasteiger partial charge in [-0.3, -0.25) is 57.5 Å². The normalized spacial score (nSPS) is 12.2. The number of nitrogens with one attached hydrogen (secondary N) is 10. The van der Waals surface area contributed by atoms with Gasteiger partial charge in [0.15, 0.2) is 57.2 Å². The van der Waals surface area contributed by atoms with E-state index in [2.05, 4.69) is 53.2 Å². The van der Waals surface area contributed by atoms with Crippen molar-refractivity contribution in [2.45, 2.75) is 108 Å². The van der Waals surface area contributed by atoms with Gasteiger partial charge in [0, 0.05) is 97.8 Å². The van der Waals surface area contributed by atoms with Crippen LogP contribution < -0.4 is 77.5 Å². The molecule has 37 nitrogen and oxygen atoms in total. The number of rotatable bonds is 56. The summed E-state index contributed by atoms with van der Waals surface area (Å²) in [5, 5.41) is 88.6. The fourth-order valence-corrected chi connectivity index (χ4v) is 13.5. The molecule has 0 saturated heterocycles. The first-order valence-corrected chi connectivity index (χ1v) is 42.9. The number of carbonyl (C=O) groups excluding carboxylic acids is 11. The number of phenols is 5. The van der Waals surface area contributed by atoms with Crippen molar-refractivity contribution in [2.75, 3.05) is 107 Å². The topological polar surface area (TPSA) is 541 Å². The van der Waals surface area contributed by atoms with E-state index in [9.17, 15) is 93.0 Å². The summed E-state index contributed by atoms with van der Waals surface area (Å²) in [5.74, 6) is -7.35. The number of unbranched alkanes of at least 4 members (excludes halogenated alkanes) is 4. The molecule has 1 heterocycles. The Bertz CT molecular complexity index is 5530. The highest BCUT2D eigenvalue weighted by atomic mass is 16.5. The van der Waals surface area contributed by atoms with Crippen molar-refractivity contribution in [1.82, 2.24) is 53.2 Å². The predicted octanol–water partition coefficient (Wildman–Crippen LogP) is 7.25. The Kier molecular flexibility index (Phi) is 42.2. The van der Waals surface area contributed by atoms with Crippen molar-refractivity contribution in [2.24, 2.45) is 0 Å². The number of carboxylic acid groups (broad SMARTS) is 1. The minimum absolute atomic E-state index is 0.00824. The van der Waals surface area contributed by atoms with Gasteiger partial charge in [-0.15, -0.1) is 0 Å². The van der Waals surface area contributed by atoms with Gasteiger partial charge in [-0.2, -0.15) is 0 Å². The summed E-state index contributed by atoms with van der Waals surface area (Å²) in [4.78, 5) is 173. The summed E-state index contributed by atoms with van der Waals surface area (Å²) < 4.78 is 43.3. The van der Waals surface area contributed by atoms with E-state index >= 15 is 0 Å². The lowest BCUT2D eigenvalue weighted by Crippen LogP contribution is -2.56. The molecule has 708 valence electrons. The number of amides is 10. The second kappa shape index (κ2) is 54.4. The van der Waals surface area contributed by atoms with Crippen LogP contribution in [0.5, 0.6) is 51.7 Å². The summed E-state index contributed by atoms with van der Waals surface area (Å²) in [6, 6.07) is 25.6. The smallest absolute Gasteiger partial charge is 0.336 e. The van der Waals surface area contributed by atoms with E-state index in [1.165, 1.54) is 169 Å². The maximum Gasteiger partial charge on any atom is 0.336 e. The van der Waals surface area contributed by atoms with Gasteiger partial charge in [-0.1, -0.05) is 24.3 Å². The molecule has 8 rings (SSSR count). The molecule has 6 aromatic carbocycles. The number of hydrogen-bond acceptors (Lipinski definition) is 26. The lowest BCUT2D eigenvalue weighted by atomic mass is 9.89. The number of aromatic carboxylic acids is 1. The highest BCUT2D eigenvalue weighted by molar-refractivity contribution is 6.09. The van der Waals surface area contributed by atoms with Crippen LogP contribution in [0.3, 0.4) is 0 Å². The number of Topliss-reactive ketones (excluding diaryl/α,β-unsaturated/α-hetero) is 1. The van der Waals surface area contributed by atoms with Crippen LogP contribution in [0.1, 0.15) is 127 Å². The fourth-order valence-electron chi connectivity index (χ4n) is 13.5. The van der Waals surface area contributed by atoms with Crippen LogP contribution in [0.4, 0.5) is 0 Å². The SMILES string of the molecule is COc1cc(/C=C/C(=O)NCCCCC(NC(=O)/C=C/c2ccc(O)c(OC)c2)C(=O)NC(CCCCNC(=O)/C=C/c2ccc(O)c(OC)c2)C(=O)NC(CCCCNC(=O)/C=C/c2ccc(O)c(OC)c2)C(=O)NCCOCCOCCNC(=O)COCC(=O)NC(CCCCNC(=O)c2ccc(C(=O)O)c(-c3c4ccc(=O)cc-4oc4cc(O)ccc34)c2)C(C)=O)ccc1O. The average molecular weight is 1840 g/mol. The molecule has 0 fully saturated rings. The largest absolute Gasteiger partial charge is 0.508 e. The van der Waals surface area contributed by atoms with E-state index in [4.69, 9.17) is 37.6 Å². The standard InChI is InChI=1S/C96H112N10O27/c1-59(107)71(14-6-13-43-101-92(120)64-26-29-67(96(124)125)70(54-64)91-68-30-27-65(108)55-79(68)133-80-56-66(109)28-31-69(80)91)103-90(119)58-132-57-89(118)100-44-46-130-48-49-131-47-45-102-93(121)72(15-7-10-40-97-85(114)36-22-60-18-32-75(110)81(50-60)126-2)105-95(123)74(17-9-12-42-99-87(116)38-24-62-20-34-77(112)83(52-62)128-4)106-94(122)73(104-88(117)39-25-63-21-35-78(113)84(53-63)129-5)16-8-11-41-98-86(115)37-23-61-19-33-76(111)82(51-61)127-3/h18-39,50-56,71-74,108,110-113H,6-17,40-49,57-58H2,1-5H3,(H,97,114)(H,98,115)(H,99,116)(H,100,118)(H,101,120)(H,102,121)(H,103,119)(H,104,117)(H,105,123)(H,106,122)(H,124,125)/b36-22+,37-23+,38-24+,39-25+. The van der Waals surface area contributed by atoms with E-state index in [-0.39, 0.29) is 208 Å². The number of carboxylic acids is 1.